The van der Waals surface area contributed by atoms with Crippen molar-refractivity contribution in [2.45, 2.75) is 44.6 Å². The monoisotopic (exact) mass is 299 g/mol. The van der Waals surface area contributed by atoms with Crippen molar-refractivity contribution in [3.05, 3.63) is 34.1 Å². The maximum absolute atomic E-state index is 13.3. The Balaban J connectivity index is 1.93. The van der Waals surface area contributed by atoms with Gasteiger partial charge in [0.05, 0.1) is 4.47 Å². The van der Waals surface area contributed by atoms with E-state index in [4.69, 9.17) is 5.73 Å². The van der Waals surface area contributed by atoms with Gasteiger partial charge in [0.2, 0.25) is 0 Å². The highest BCUT2D eigenvalue weighted by Gasteiger charge is 2.19. The van der Waals surface area contributed by atoms with Crippen molar-refractivity contribution in [3.63, 3.8) is 0 Å². The van der Waals surface area contributed by atoms with E-state index in [2.05, 4.69) is 15.9 Å². The molecule has 17 heavy (non-hydrogen) atoms. The first-order chi connectivity index (χ1) is 8.16. The molecule has 0 aromatic heterocycles. The summed E-state index contributed by atoms with van der Waals surface area (Å²) in [6.45, 7) is 0. The van der Waals surface area contributed by atoms with Gasteiger partial charge in [0.15, 0.2) is 0 Å². The van der Waals surface area contributed by atoms with Crippen molar-refractivity contribution in [2.24, 2.45) is 11.7 Å². The van der Waals surface area contributed by atoms with Gasteiger partial charge in [-0.2, -0.15) is 0 Å². The van der Waals surface area contributed by atoms with Crippen molar-refractivity contribution in [3.8, 4) is 0 Å². The van der Waals surface area contributed by atoms with Crippen LogP contribution in [0.15, 0.2) is 22.7 Å². The molecule has 1 aliphatic carbocycles. The Morgan fingerprint density at radius 3 is 2.76 bits per heavy atom. The van der Waals surface area contributed by atoms with E-state index in [0.717, 1.165) is 24.3 Å². The topological polar surface area (TPSA) is 26.0 Å². The summed E-state index contributed by atoms with van der Waals surface area (Å²) < 4.78 is 13.9. The van der Waals surface area contributed by atoms with E-state index in [1.165, 1.54) is 31.7 Å². The van der Waals surface area contributed by atoms with Crippen LogP contribution in [-0.4, -0.2) is 6.04 Å². The highest BCUT2D eigenvalue weighted by Crippen LogP contribution is 2.29. The molecule has 94 valence electrons. The van der Waals surface area contributed by atoms with Crippen molar-refractivity contribution >= 4 is 15.9 Å². The van der Waals surface area contributed by atoms with E-state index in [0.29, 0.717) is 4.47 Å². The molecule has 2 rings (SSSR count). The van der Waals surface area contributed by atoms with Gasteiger partial charge < -0.3 is 5.73 Å². The molecule has 0 spiro atoms. The average Bonchev–Trinajstić information content (AvgIpc) is 2.77. The molecule has 1 atom stereocenters. The summed E-state index contributed by atoms with van der Waals surface area (Å²) in [5.74, 6) is 0.591. The molecule has 1 aromatic carbocycles. The van der Waals surface area contributed by atoms with Crippen LogP contribution in [0.25, 0.3) is 0 Å². The molecule has 0 amide bonds. The van der Waals surface area contributed by atoms with Crippen molar-refractivity contribution in [2.75, 3.05) is 0 Å². The fourth-order valence-electron chi connectivity index (χ4n) is 2.75. The second-order valence-corrected chi connectivity index (χ2v) is 5.86. The first-order valence-corrected chi connectivity index (χ1v) is 7.14. The zero-order valence-electron chi connectivity index (χ0n) is 9.96. The van der Waals surface area contributed by atoms with E-state index < -0.39 is 0 Å². The second kappa shape index (κ2) is 5.96. The highest BCUT2D eigenvalue weighted by molar-refractivity contribution is 9.10. The molecule has 1 fully saturated rings. The molecule has 1 nitrogen and oxygen atoms in total. The molecule has 0 heterocycles. The summed E-state index contributed by atoms with van der Waals surface area (Å²) in [5, 5.41) is 0. The zero-order valence-corrected chi connectivity index (χ0v) is 11.5. The van der Waals surface area contributed by atoms with Crippen LogP contribution in [0, 0.1) is 11.7 Å². The van der Waals surface area contributed by atoms with Gasteiger partial charge in [-0.05, 0) is 46.3 Å². The number of nitrogens with two attached hydrogens (primary N) is 1. The standard InChI is InChI=1S/C14H19BrFN/c15-14-11(6-3-7-13(14)16)9-12(17)8-10-4-1-2-5-10/h3,6-7,10,12H,1-2,4-5,8-9,17H2. The van der Waals surface area contributed by atoms with Crippen molar-refractivity contribution in [1.29, 1.82) is 0 Å². The van der Waals surface area contributed by atoms with Gasteiger partial charge in [0.1, 0.15) is 5.82 Å². The molecule has 3 heteroatoms. The van der Waals surface area contributed by atoms with E-state index in [-0.39, 0.29) is 11.9 Å². The minimum absolute atomic E-state index is 0.149. The maximum Gasteiger partial charge on any atom is 0.137 e. The lowest BCUT2D eigenvalue weighted by molar-refractivity contribution is 0.440. The molecule has 1 saturated carbocycles. The van der Waals surface area contributed by atoms with Crippen LogP contribution < -0.4 is 5.73 Å². The lowest BCUT2D eigenvalue weighted by Crippen LogP contribution is -2.25. The first-order valence-electron chi connectivity index (χ1n) is 6.35. The fraction of sp³-hybridized carbons (Fsp3) is 0.571. The van der Waals surface area contributed by atoms with Crippen LogP contribution in [0.1, 0.15) is 37.7 Å². The number of hydrogen-bond donors (Lipinski definition) is 1. The van der Waals surface area contributed by atoms with Crippen molar-refractivity contribution < 1.29 is 4.39 Å². The van der Waals surface area contributed by atoms with Gasteiger partial charge in [0, 0.05) is 6.04 Å². The van der Waals surface area contributed by atoms with Crippen molar-refractivity contribution in [1.82, 2.24) is 0 Å². The Morgan fingerprint density at radius 2 is 2.06 bits per heavy atom. The minimum atomic E-state index is -0.199. The Kier molecular flexibility index (Phi) is 4.57. The predicted molar refractivity (Wildman–Crippen MR) is 72.4 cm³/mol. The van der Waals surface area contributed by atoms with Crippen LogP contribution in [0.4, 0.5) is 4.39 Å². The van der Waals surface area contributed by atoms with Gasteiger partial charge in [-0.25, -0.2) is 4.39 Å². The van der Waals surface area contributed by atoms with Gasteiger partial charge in [-0.15, -0.1) is 0 Å². The van der Waals surface area contributed by atoms with Gasteiger partial charge in [-0.3, -0.25) is 0 Å². The van der Waals surface area contributed by atoms with Gasteiger partial charge in [0.25, 0.3) is 0 Å². The molecular weight excluding hydrogens is 281 g/mol. The molecule has 2 N–H and O–H groups in total. The Bertz CT molecular complexity index is 374. The zero-order chi connectivity index (χ0) is 12.3. The van der Waals surface area contributed by atoms with Crippen LogP contribution >= 0.6 is 15.9 Å². The first kappa shape index (κ1) is 13.0. The fourth-order valence-corrected chi connectivity index (χ4v) is 3.17. The van der Waals surface area contributed by atoms with Crippen LogP contribution in [-0.2, 0) is 6.42 Å². The van der Waals surface area contributed by atoms with E-state index in [1.54, 1.807) is 6.07 Å². The van der Waals surface area contributed by atoms with Crippen LogP contribution in [0.5, 0.6) is 0 Å². The number of hydrogen-bond acceptors (Lipinski definition) is 1. The molecule has 1 unspecified atom stereocenters. The summed E-state index contributed by atoms with van der Waals surface area (Å²) in [6, 6.07) is 5.31. The Labute approximate surface area is 111 Å². The largest absolute Gasteiger partial charge is 0.327 e. The van der Waals surface area contributed by atoms with E-state index >= 15 is 0 Å². The molecule has 0 saturated heterocycles. The SMILES string of the molecule is NC(Cc1cccc(F)c1Br)CC1CCCC1. The van der Waals surface area contributed by atoms with E-state index in [1.807, 2.05) is 6.07 Å². The molecule has 0 bridgehead atoms. The average molecular weight is 300 g/mol. The second-order valence-electron chi connectivity index (χ2n) is 5.06. The highest BCUT2D eigenvalue weighted by atomic mass is 79.9. The molecule has 1 aliphatic rings. The normalized spacial score (nSPS) is 18.5. The number of halogens is 2. The third-order valence-corrected chi connectivity index (χ3v) is 4.51. The minimum Gasteiger partial charge on any atom is -0.327 e. The quantitative estimate of drug-likeness (QED) is 0.892. The lowest BCUT2D eigenvalue weighted by atomic mass is 9.94. The summed E-state index contributed by atoms with van der Waals surface area (Å²) in [4.78, 5) is 0. The molecular formula is C14H19BrFN. The maximum atomic E-state index is 13.3. The molecule has 0 aliphatic heterocycles. The smallest absolute Gasteiger partial charge is 0.137 e. The summed E-state index contributed by atoms with van der Waals surface area (Å²) >= 11 is 3.29. The molecule has 0 radical (unpaired) electrons. The van der Waals surface area contributed by atoms with Gasteiger partial charge in [-0.1, -0.05) is 37.8 Å². The predicted octanol–water partition coefficient (Wildman–Crippen LogP) is 4.04. The number of benzene rings is 1. The summed E-state index contributed by atoms with van der Waals surface area (Å²) in [5.41, 5.74) is 7.14. The van der Waals surface area contributed by atoms with Crippen LogP contribution in [0.3, 0.4) is 0 Å². The third kappa shape index (κ3) is 3.52. The Morgan fingerprint density at radius 1 is 1.35 bits per heavy atom. The lowest BCUT2D eigenvalue weighted by Gasteiger charge is -2.17. The molecule has 1 aromatic rings. The van der Waals surface area contributed by atoms with Crippen LogP contribution in [0.2, 0.25) is 0 Å². The summed E-state index contributed by atoms with van der Waals surface area (Å²) in [6.07, 6.45) is 7.16. The summed E-state index contributed by atoms with van der Waals surface area (Å²) in [7, 11) is 0. The van der Waals surface area contributed by atoms with E-state index in [9.17, 15) is 4.39 Å². The Hall–Kier alpha value is -0.410. The third-order valence-electron chi connectivity index (χ3n) is 3.62. The number of rotatable bonds is 4. The van der Waals surface area contributed by atoms with Gasteiger partial charge >= 0.3 is 0 Å².